The highest BCUT2D eigenvalue weighted by Gasteiger charge is 2.10. The Kier molecular flexibility index (Phi) is 3.97. The van der Waals surface area contributed by atoms with Crippen molar-refractivity contribution in [3.8, 4) is 17.0 Å². The molecular weight excluding hydrogens is 300 g/mol. The summed E-state index contributed by atoms with van der Waals surface area (Å²) >= 11 is 0. The van der Waals surface area contributed by atoms with Crippen LogP contribution in [0.5, 0.6) is 5.75 Å². The zero-order valence-electron chi connectivity index (χ0n) is 14.1. The minimum atomic E-state index is -0.355. The second kappa shape index (κ2) is 5.96. The molecule has 0 bridgehead atoms. The van der Waals surface area contributed by atoms with Crippen molar-refractivity contribution in [2.75, 3.05) is 0 Å². The molecule has 3 aromatic rings. The number of hydrogen-bond donors (Lipinski definition) is 2. The number of amides is 1. The number of phenols is 1. The first-order valence-electron chi connectivity index (χ1n) is 7.84. The summed E-state index contributed by atoms with van der Waals surface area (Å²) in [5.41, 5.74) is 11.6. The van der Waals surface area contributed by atoms with Crippen LogP contribution in [0.25, 0.3) is 22.2 Å². The fraction of sp³-hybridized carbons (Fsp3) is 0.200. The molecule has 0 aliphatic carbocycles. The lowest BCUT2D eigenvalue weighted by Gasteiger charge is -2.11. The molecule has 2 aromatic carbocycles. The largest absolute Gasteiger partial charge is 0.507 e. The zero-order valence-corrected chi connectivity index (χ0v) is 14.1. The van der Waals surface area contributed by atoms with Crippen LogP contribution in [0.2, 0.25) is 0 Å². The number of rotatable bonds is 3. The van der Waals surface area contributed by atoms with Crippen molar-refractivity contribution in [3.05, 3.63) is 58.7 Å². The molecule has 0 aliphatic rings. The molecule has 0 fully saturated rings. The van der Waals surface area contributed by atoms with E-state index in [0.717, 1.165) is 44.4 Å². The first kappa shape index (κ1) is 16.0. The van der Waals surface area contributed by atoms with Crippen molar-refractivity contribution in [1.29, 1.82) is 0 Å². The van der Waals surface area contributed by atoms with E-state index in [2.05, 4.69) is 0 Å². The van der Waals surface area contributed by atoms with Crippen LogP contribution in [0.4, 0.5) is 0 Å². The number of aromatic hydroxyl groups is 1. The normalized spacial score (nSPS) is 11.0. The summed E-state index contributed by atoms with van der Waals surface area (Å²) in [7, 11) is 0. The number of aromatic nitrogens is 1. The van der Waals surface area contributed by atoms with Gasteiger partial charge in [-0.2, -0.15) is 0 Å². The van der Waals surface area contributed by atoms with Crippen LogP contribution in [-0.2, 0) is 11.2 Å². The molecule has 0 saturated heterocycles. The molecule has 0 unspecified atom stereocenters. The fourth-order valence-electron chi connectivity index (χ4n) is 3.01. The molecule has 24 heavy (non-hydrogen) atoms. The number of nitrogens with zero attached hydrogens (tertiary/aromatic N) is 1. The fourth-order valence-corrected chi connectivity index (χ4v) is 3.01. The molecule has 4 nitrogen and oxygen atoms in total. The number of aryl methyl sites for hydroxylation is 3. The van der Waals surface area contributed by atoms with Crippen LogP contribution in [0.1, 0.15) is 22.3 Å². The number of benzene rings is 2. The first-order chi connectivity index (χ1) is 11.3. The topological polar surface area (TPSA) is 76.2 Å². The van der Waals surface area contributed by atoms with Gasteiger partial charge in [-0.1, -0.05) is 12.1 Å². The molecular formula is C20H20N2O2. The number of primary amides is 1. The highest BCUT2D eigenvalue weighted by molar-refractivity contribution is 5.87. The Morgan fingerprint density at radius 3 is 2.33 bits per heavy atom. The molecule has 4 heteroatoms. The monoisotopic (exact) mass is 320 g/mol. The summed E-state index contributed by atoms with van der Waals surface area (Å²) in [5, 5.41) is 11.0. The van der Waals surface area contributed by atoms with E-state index < -0.39 is 0 Å². The Labute approximate surface area is 141 Å². The molecule has 0 saturated carbocycles. The van der Waals surface area contributed by atoms with Crippen molar-refractivity contribution >= 4 is 16.8 Å². The Balaban J connectivity index is 2.17. The lowest BCUT2D eigenvalue weighted by Crippen LogP contribution is -2.13. The predicted molar refractivity (Wildman–Crippen MR) is 96.0 cm³/mol. The standard InChI is InChI=1S/C20H20N2O2/c1-11-8-17(15-6-12(2)20(24)13(3)7-15)22-18-9-14(10-19(21)23)4-5-16(11)18/h4-9,24H,10H2,1-3H3,(H2,21,23). The number of fused-ring (bicyclic) bond motifs is 1. The SMILES string of the molecule is Cc1cc(-c2cc(C)c3ccc(CC(N)=O)cc3n2)cc(C)c1O. The maximum absolute atomic E-state index is 11.1. The third-order valence-corrected chi connectivity index (χ3v) is 4.25. The van der Waals surface area contributed by atoms with Gasteiger partial charge in [0.2, 0.25) is 5.91 Å². The minimum absolute atomic E-state index is 0.207. The summed E-state index contributed by atoms with van der Waals surface area (Å²) < 4.78 is 0. The quantitative estimate of drug-likeness (QED) is 0.774. The number of pyridine rings is 1. The number of carbonyl (C=O) groups excluding carboxylic acids is 1. The summed E-state index contributed by atoms with van der Waals surface area (Å²) in [5.74, 6) is -0.0352. The molecule has 3 rings (SSSR count). The van der Waals surface area contributed by atoms with Gasteiger partial charge in [0.05, 0.1) is 17.6 Å². The Morgan fingerprint density at radius 2 is 1.71 bits per heavy atom. The summed E-state index contributed by atoms with van der Waals surface area (Å²) in [6.07, 6.45) is 0.207. The van der Waals surface area contributed by atoms with E-state index in [9.17, 15) is 9.90 Å². The van der Waals surface area contributed by atoms with Crippen molar-refractivity contribution in [2.45, 2.75) is 27.2 Å². The van der Waals surface area contributed by atoms with Crippen molar-refractivity contribution in [3.63, 3.8) is 0 Å². The van der Waals surface area contributed by atoms with Crippen molar-refractivity contribution in [2.24, 2.45) is 5.73 Å². The maximum Gasteiger partial charge on any atom is 0.221 e. The lowest BCUT2D eigenvalue weighted by molar-refractivity contribution is -0.117. The average Bonchev–Trinajstić information content (AvgIpc) is 2.51. The van der Waals surface area contributed by atoms with Gasteiger partial charge in [0, 0.05) is 10.9 Å². The molecule has 122 valence electrons. The van der Waals surface area contributed by atoms with Crippen LogP contribution in [0.3, 0.4) is 0 Å². The van der Waals surface area contributed by atoms with Crippen molar-refractivity contribution in [1.82, 2.24) is 4.98 Å². The lowest BCUT2D eigenvalue weighted by atomic mass is 10.00. The molecule has 0 aliphatic heterocycles. The predicted octanol–water partition coefficient (Wildman–Crippen LogP) is 3.56. The number of phenolic OH excluding ortho intramolecular Hbond substituents is 1. The number of hydrogen-bond acceptors (Lipinski definition) is 3. The van der Waals surface area contributed by atoms with E-state index >= 15 is 0 Å². The van der Waals surface area contributed by atoms with Gasteiger partial charge in [-0.25, -0.2) is 4.98 Å². The average molecular weight is 320 g/mol. The maximum atomic E-state index is 11.1. The van der Waals surface area contributed by atoms with Crippen molar-refractivity contribution < 1.29 is 9.90 Å². The van der Waals surface area contributed by atoms with Gasteiger partial charge in [-0.15, -0.1) is 0 Å². The van der Waals surface area contributed by atoms with Gasteiger partial charge in [-0.3, -0.25) is 4.79 Å². The molecule has 1 amide bonds. The zero-order chi connectivity index (χ0) is 17.4. The van der Waals surface area contributed by atoms with E-state index in [-0.39, 0.29) is 12.3 Å². The van der Waals surface area contributed by atoms with Crippen LogP contribution in [-0.4, -0.2) is 16.0 Å². The summed E-state index contributed by atoms with van der Waals surface area (Å²) in [6, 6.07) is 11.7. The van der Waals surface area contributed by atoms with Crippen LogP contribution in [0, 0.1) is 20.8 Å². The third kappa shape index (κ3) is 2.95. The number of nitrogens with two attached hydrogens (primary N) is 1. The Morgan fingerprint density at radius 1 is 1.04 bits per heavy atom. The van der Waals surface area contributed by atoms with Gasteiger partial charge < -0.3 is 10.8 Å². The van der Waals surface area contributed by atoms with E-state index in [0.29, 0.717) is 5.75 Å². The van der Waals surface area contributed by atoms with E-state index in [1.54, 1.807) is 0 Å². The van der Waals surface area contributed by atoms with E-state index in [1.165, 1.54) is 0 Å². The minimum Gasteiger partial charge on any atom is -0.507 e. The molecule has 1 heterocycles. The molecule has 1 aromatic heterocycles. The first-order valence-corrected chi connectivity index (χ1v) is 7.84. The van der Waals surface area contributed by atoms with E-state index in [1.807, 2.05) is 57.2 Å². The highest BCUT2D eigenvalue weighted by Crippen LogP contribution is 2.30. The summed E-state index contributed by atoms with van der Waals surface area (Å²) in [6.45, 7) is 5.80. The summed E-state index contributed by atoms with van der Waals surface area (Å²) in [4.78, 5) is 15.9. The van der Waals surface area contributed by atoms with Crippen LogP contribution >= 0.6 is 0 Å². The van der Waals surface area contributed by atoms with Gasteiger partial charge in [-0.05, 0) is 67.3 Å². The Hall–Kier alpha value is -2.88. The molecule has 0 spiro atoms. The second-order valence-electron chi connectivity index (χ2n) is 6.28. The number of carbonyl (C=O) groups is 1. The van der Waals surface area contributed by atoms with Gasteiger partial charge in [0.15, 0.2) is 0 Å². The highest BCUT2D eigenvalue weighted by atomic mass is 16.3. The molecule has 0 radical (unpaired) electrons. The van der Waals surface area contributed by atoms with Gasteiger partial charge in [0.1, 0.15) is 5.75 Å². The second-order valence-corrected chi connectivity index (χ2v) is 6.28. The van der Waals surface area contributed by atoms with Gasteiger partial charge in [0.25, 0.3) is 0 Å². The molecule has 3 N–H and O–H groups in total. The van der Waals surface area contributed by atoms with Crippen LogP contribution in [0.15, 0.2) is 36.4 Å². The van der Waals surface area contributed by atoms with Gasteiger partial charge >= 0.3 is 0 Å². The molecule has 0 atom stereocenters. The smallest absolute Gasteiger partial charge is 0.221 e. The van der Waals surface area contributed by atoms with Crippen LogP contribution < -0.4 is 5.73 Å². The third-order valence-electron chi connectivity index (χ3n) is 4.25. The Bertz CT molecular complexity index is 938. The van der Waals surface area contributed by atoms with E-state index in [4.69, 9.17) is 10.7 Å².